The number of carbonyl (C=O) groups is 1. The third-order valence-electron chi connectivity index (χ3n) is 3.80. The van der Waals surface area contributed by atoms with Gasteiger partial charge in [0, 0.05) is 31.5 Å². The quantitative estimate of drug-likeness (QED) is 0.329. The first kappa shape index (κ1) is 21.2. The van der Waals surface area contributed by atoms with E-state index in [0.717, 1.165) is 30.0 Å². The molecule has 1 N–H and O–H groups in total. The first-order valence-corrected chi connectivity index (χ1v) is 8.93. The molecule has 5 nitrogen and oxygen atoms in total. The molecule has 140 valence electrons. The Morgan fingerprint density at radius 3 is 2.58 bits per heavy atom. The van der Waals surface area contributed by atoms with Crippen LogP contribution in [0.5, 0.6) is 0 Å². The number of aliphatic imine (C=N–C) groups is 1. The fraction of sp³-hybridized carbons (Fsp3) is 0.333. The Hall–Kier alpha value is -2.82. The number of nitrogens with one attached hydrogen (secondary N) is 1. The number of hydrogen-bond acceptors (Lipinski definition) is 2. The number of hydrogen-bond donors (Lipinski definition) is 1. The number of carbonyl (C=O) groups excluding carboxylic acids is 1. The van der Waals surface area contributed by atoms with E-state index in [-0.39, 0.29) is 5.91 Å². The molecular formula is C21H30N4O. The van der Waals surface area contributed by atoms with Gasteiger partial charge in [-0.1, -0.05) is 32.2 Å². The highest BCUT2D eigenvalue weighted by Gasteiger charge is 2.11. The zero-order chi connectivity index (χ0) is 19.5. The van der Waals surface area contributed by atoms with Crippen LogP contribution in [0.15, 0.2) is 66.3 Å². The first-order chi connectivity index (χ1) is 12.5. The highest BCUT2D eigenvalue weighted by atomic mass is 16.2. The average molecular weight is 354 g/mol. The maximum atomic E-state index is 12.0. The molecule has 0 bridgehead atoms. The third-order valence-corrected chi connectivity index (χ3v) is 3.80. The smallest absolute Gasteiger partial charge is 0.250 e. The Morgan fingerprint density at radius 1 is 1.27 bits per heavy atom. The van der Waals surface area contributed by atoms with E-state index in [1.165, 1.54) is 6.08 Å². The Balaban J connectivity index is 3.17. The molecule has 0 aliphatic rings. The van der Waals surface area contributed by atoms with E-state index in [1.807, 2.05) is 55.3 Å². The van der Waals surface area contributed by atoms with Crippen LogP contribution in [0.1, 0.15) is 27.2 Å². The topological polar surface area (TPSA) is 47.9 Å². The Kier molecular flexibility index (Phi) is 8.92. The van der Waals surface area contributed by atoms with Gasteiger partial charge in [-0.2, -0.15) is 0 Å². The molecule has 1 aromatic rings. The summed E-state index contributed by atoms with van der Waals surface area (Å²) >= 11 is 0. The molecule has 1 rings (SSSR count). The van der Waals surface area contributed by atoms with Crippen molar-refractivity contribution in [2.24, 2.45) is 4.99 Å². The van der Waals surface area contributed by atoms with E-state index in [0.29, 0.717) is 12.5 Å². The first-order valence-electron chi connectivity index (χ1n) is 8.93. The molecular weight excluding hydrogens is 324 g/mol. The number of guanidine groups is 1. The maximum Gasteiger partial charge on any atom is 0.250 e. The van der Waals surface area contributed by atoms with Crippen molar-refractivity contribution >= 4 is 23.2 Å². The number of rotatable bonds is 8. The maximum absolute atomic E-state index is 12.0. The molecule has 0 aliphatic carbocycles. The van der Waals surface area contributed by atoms with Crippen molar-refractivity contribution in [3.63, 3.8) is 0 Å². The van der Waals surface area contributed by atoms with Gasteiger partial charge in [0.15, 0.2) is 0 Å². The third kappa shape index (κ3) is 6.24. The molecule has 0 radical (unpaired) electrons. The summed E-state index contributed by atoms with van der Waals surface area (Å²) in [7, 11) is 1.96. The zero-order valence-electron chi connectivity index (χ0n) is 16.3. The lowest BCUT2D eigenvalue weighted by Crippen LogP contribution is -2.37. The van der Waals surface area contributed by atoms with Gasteiger partial charge in [0.1, 0.15) is 0 Å². The van der Waals surface area contributed by atoms with Crippen molar-refractivity contribution in [1.29, 1.82) is 0 Å². The van der Waals surface area contributed by atoms with Crippen LogP contribution in [-0.2, 0) is 4.79 Å². The van der Waals surface area contributed by atoms with Crippen LogP contribution in [0.4, 0.5) is 11.4 Å². The lowest BCUT2D eigenvalue weighted by Gasteiger charge is -2.22. The van der Waals surface area contributed by atoms with Gasteiger partial charge in [-0.05, 0) is 50.6 Å². The lowest BCUT2D eigenvalue weighted by atomic mass is 10.2. The van der Waals surface area contributed by atoms with E-state index in [4.69, 9.17) is 4.99 Å². The molecule has 0 unspecified atom stereocenters. The highest BCUT2D eigenvalue weighted by molar-refractivity contribution is 6.01. The van der Waals surface area contributed by atoms with Crippen LogP contribution in [0.25, 0.3) is 0 Å². The second-order valence-corrected chi connectivity index (χ2v) is 5.72. The number of likely N-dealkylation sites (N-methyl/N-ethyl adjacent to an activating group) is 1. The molecule has 0 saturated heterocycles. The molecule has 0 saturated carbocycles. The summed E-state index contributed by atoms with van der Waals surface area (Å²) in [6, 6.07) is 7.58. The monoisotopic (exact) mass is 354 g/mol. The van der Waals surface area contributed by atoms with Crippen molar-refractivity contribution < 1.29 is 4.79 Å². The van der Waals surface area contributed by atoms with Gasteiger partial charge >= 0.3 is 0 Å². The van der Waals surface area contributed by atoms with Gasteiger partial charge in [-0.3, -0.25) is 4.79 Å². The number of nitrogens with zero attached hydrogens (tertiary/aromatic N) is 3. The van der Waals surface area contributed by atoms with E-state index < -0.39 is 0 Å². The number of benzene rings is 1. The summed E-state index contributed by atoms with van der Waals surface area (Å²) in [5.74, 6) is 0.573. The van der Waals surface area contributed by atoms with Gasteiger partial charge in [0.2, 0.25) is 11.9 Å². The molecule has 0 heterocycles. The van der Waals surface area contributed by atoms with Crippen LogP contribution < -0.4 is 10.2 Å². The average Bonchev–Trinajstić information content (AvgIpc) is 2.65. The largest absolute Gasteiger partial charge is 0.346 e. The minimum absolute atomic E-state index is 0.129. The van der Waals surface area contributed by atoms with E-state index in [1.54, 1.807) is 4.90 Å². The minimum Gasteiger partial charge on any atom is -0.346 e. The van der Waals surface area contributed by atoms with Gasteiger partial charge in [0.25, 0.3) is 0 Å². The van der Waals surface area contributed by atoms with Crippen LogP contribution in [-0.4, -0.2) is 36.9 Å². The molecule has 0 spiro atoms. The van der Waals surface area contributed by atoms with Gasteiger partial charge < -0.3 is 15.1 Å². The molecule has 1 aromatic carbocycles. The lowest BCUT2D eigenvalue weighted by molar-refractivity contribution is -0.114. The summed E-state index contributed by atoms with van der Waals surface area (Å²) in [6.07, 6.45) is 6.25. The predicted molar refractivity (Wildman–Crippen MR) is 112 cm³/mol. The van der Waals surface area contributed by atoms with E-state index in [9.17, 15) is 4.79 Å². The van der Waals surface area contributed by atoms with Gasteiger partial charge in [-0.25, -0.2) is 4.99 Å². The molecule has 1 amide bonds. The normalized spacial score (nSPS) is 11.3. The molecule has 0 aliphatic heterocycles. The fourth-order valence-corrected chi connectivity index (χ4v) is 2.23. The van der Waals surface area contributed by atoms with Crippen molar-refractivity contribution in [3.05, 3.63) is 61.3 Å². The van der Waals surface area contributed by atoms with Crippen LogP contribution in [0, 0.1) is 0 Å². The highest BCUT2D eigenvalue weighted by Crippen LogP contribution is 2.22. The SMILES string of the molecule is C=CC(=O)N(CC)c1cccc(N=C(NC(=C)/C=C\CC)N(C)CC)c1. The molecule has 5 heteroatoms. The number of amides is 1. The molecule has 0 fully saturated rings. The van der Waals surface area contributed by atoms with Gasteiger partial charge in [-0.15, -0.1) is 0 Å². The molecule has 0 atom stereocenters. The summed E-state index contributed by atoms with van der Waals surface area (Å²) < 4.78 is 0. The summed E-state index contributed by atoms with van der Waals surface area (Å²) in [5, 5.41) is 3.25. The predicted octanol–water partition coefficient (Wildman–Crippen LogP) is 4.23. The van der Waals surface area contributed by atoms with Gasteiger partial charge in [0.05, 0.1) is 5.69 Å². The summed E-state index contributed by atoms with van der Waals surface area (Å²) in [5.41, 5.74) is 2.33. The second-order valence-electron chi connectivity index (χ2n) is 5.72. The van der Waals surface area contributed by atoms with E-state index >= 15 is 0 Å². The Bertz CT molecular complexity index is 691. The van der Waals surface area contributed by atoms with E-state index in [2.05, 4.69) is 32.3 Å². The number of anilines is 1. The standard InChI is InChI=1S/C21H30N4O/c1-7-11-13-17(5)22-21(24(6)9-3)23-18-14-12-15-19(16-18)25(10-4)20(26)8-2/h8,11-16H,2,5,7,9-10H2,1,3-4,6H3,(H,22,23)/b13-11-. The summed E-state index contributed by atoms with van der Waals surface area (Å²) in [4.78, 5) is 20.4. The fourth-order valence-electron chi connectivity index (χ4n) is 2.23. The second kappa shape index (κ2) is 10.9. The Morgan fingerprint density at radius 2 is 2.00 bits per heavy atom. The van der Waals surface area contributed by atoms with Crippen molar-refractivity contribution in [2.75, 3.05) is 25.0 Å². The number of allylic oxidation sites excluding steroid dienone is 2. The van der Waals surface area contributed by atoms with Crippen molar-refractivity contribution in [2.45, 2.75) is 27.2 Å². The van der Waals surface area contributed by atoms with Crippen LogP contribution >= 0.6 is 0 Å². The molecule has 26 heavy (non-hydrogen) atoms. The molecule has 0 aromatic heterocycles. The summed E-state index contributed by atoms with van der Waals surface area (Å²) in [6.45, 7) is 15.0. The van der Waals surface area contributed by atoms with Crippen LogP contribution in [0.2, 0.25) is 0 Å². The Labute approximate surface area is 157 Å². The van der Waals surface area contributed by atoms with Crippen molar-refractivity contribution in [3.8, 4) is 0 Å². The minimum atomic E-state index is -0.129. The zero-order valence-corrected chi connectivity index (χ0v) is 16.3. The van der Waals surface area contributed by atoms with Crippen molar-refractivity contribution in [1.82, 2.24) is 10.2 Å². The van der Waals surface area contributed by atoms with Crippen LogP contribution in [0.3, 0.4) is 0 Å².